The van der Waals surface area contributed by atoms with Gasteiger partial charge in [-0.25, -0.2) is 4.98 Å². The van der Waals surface area contributed by atoms with Crippen LogP contribution in [0.4, 0.5) is 5.13 Å². The van der Waals surface area contributed by atoms with Crippen LogP contribution >= 0.6 is 23.7 Å². The first-order valence-corrected chi connectivity index (χ1v) is 6.49. The highest BCUT2D eigenvalue weighted by atomic mass is 35.5. The molecule has 2 aromatic rings. The fourth-order valence-corrected chi connectivity index (χ4v) is 2.56. The van der Waals surface area contributed by atoms with E-state index in [1.165, 1.54) is 11.3 Å². The molecule has 1 heterocycles. The number of carbonyl (C=O) groups excluding carboxylic acids is 2. The van der Waals surface area contributed by atoms with Crippen molar-refractivity contribution in [2.45, 2.75) is 19.4 Å². The van der Waals surface area contributed by atoms with E-state index >= 15 is 0 Å². The Morgan fingerprint density at radius 2 is 2.15 bits per heavy atom. The number of hydrogen-bond acceptors (Lipinski definition) is 5. The largest absolute Gasteiger partial charge is 0.370 e. The van der Waals surface area contributed by atoms with Gasteiger partial charge in [-0.3, -0.25) is 9.59 Å². The van der Waals surface area contributed by atoms with Crippen LogP contribution in [0.5, 0.6) is 0 Å². The molecule has 0 radical (unpaired) electrons. The average molecular weight is 315 g/mol. The van der Waals surface area contributed by atoms with Crippen molar-refractivity contribution in [3.05, 3.63) is 23.8 Å². The van der Waals surface area contributed by atoms with E-state index in [0.717, 1.165) is 15.8 Å². The number of nitrogens with one attached hydrogen (secondary N) is 1. The summed E-state index contributed by atoms with van der Waals surface area (Å²) >= 11 is 1.36. The molecule has 5 N–H and O–H groups in total. The Labute approximate surface area is 126 Å². The second kappa shape index (κ2) is 6.65. The highest BCUT2D eigenvalue weighted by Crippen LogP contribution is 2.26. The number of hydrogen-bond donors (Lipinski definition) is 3. The van der Waals surface area contributed by atoms with Gasteiger partial charge in [0.1, 0.15) is 0 Å². The Morgan fingerprint density at radius 1 is 1.45 bits per heavy atom. The lowest BCUT2D eigenvalue weighted by Gasteiger charge is -2.07. The number of amides is 2. The molecule has 0 spiro atoms. The first kappa shape index (κ1) is 16.4. The zero-order chi connectivity index (χ0) is 14.0. The molecule has 0 aliphatic carbocycles. The van der Waals surface area contributed by atoms with Gasteiger partial charge in [0.2, 0.25) is 11.8 Å². The summed E-state index contributed by atoms with van der Waals surface area (Å²) in [5, 5.41) is 3.06. The Kier molecular flexibility index (Phi) is 5.43. The van der Waals surface area contributed by atoms with Gasteiger partial charge in [0.05, 0.1) is 22.7 Å². The predicted octanol–water partition coefficient (Wildman–Crippen LogP) is 1.17. The standard InChI is InChI=1S/C12H14N4O2S.ClH/c1-6-2-3-8-9(4-6)19-12(15-8)16-11(18)7(13)5-10(14)17;/h2-4,7H,5,13H2,1H3,(H2,14,17)(H,15,16,18);1H. The number of benzene rings is 1. The number of thiazole rings is 1. The molecule has 2 rings (SSSR count). The van der Waals surface area contributed by atoms with Gasteiger partial charge < -0.3 is 16.8 Å². The highest BCUT2D eigenvalue weighted by molar-refractivity contribution is 7.22. The summed E-state index contributed by atoms with van der Waals surface area (Å²) in [7, 11) is 0. The minimum Gasteiger partial charge on any atom is -0.370 e. The van der Waals surface area contributed by atoms with Crippen LogP contribution in [0.25, 0.3) is 10.2 Å². The topological polar surface area (TPSA) is 111 Å². The van der Waals surface area contributed by atoms with Crippen molar-refractivity contribution in [2.24, 2.45) is 11.5 Å². The lowest BCUT2D eigenvalue weighted by Crippen LogP contribution is -2.38. The van der Waals surface area contributed by atoms with E-state index in [1.54, 1.807) is 0 Å². The summed E-state index contributed by atoms with van der Waals surface area (Å²) < 4.78 is 0.985. The molecule has 0 bridgehead atoms. The van der Waals surface area contributed by atoms with Crippen molar-refractivity contribution in [3.63, 3.8) is 0 Å². The molecule has 0 aliphatic heterocycles. The molecule has 20 heavy (non-hydrogen) atoms. The number of carbonyl (C=O) groups is 2. The monoisotopic (exact) mass is 314 g/mol. The third-order valence-corrected chi connectivity index (χ3v) is 3.47. The molecule has 8 heteroatoms. The zero-order valence-electron chi connectivity index (χ0n) is 10.8. The number of aromatic nitrogens is 1. The second-order valence-electron chi connectivity index (χ2n) is 4.26. The van der Waals surface area contributed by atoms with Gasteiger partial charge in [-0.05, 0) is 24.6 Å². The lowest BCUT2D eigenvalue weighted by molar-refractivity contribution is -0.123. The molecule has 6 nitrogen and oxygen atoms in total. The van der Waals surface area contributed by atoms with Crippen molar-refractivity contribution in [1.82, 2.24) is 4.98 Å². The normalized spacial score (nSPS) is 11.7. The number of nitrogens with zero attached hydrogens (tertiary/aromatic N) is 1. The maximum atomic E-state index is 11.7. The van der Waals surface area contributed by atoms with Crippen molar-refractivity contribution < 1.29 is 9.59 Å². The van der Waals surface area contributed by atoms with Gasteiger partial charge >= 0.3 is 0 Å². The Balaban J connectivity index is 0.00000200. The third-order valence-electron chi connectivity index (χ3n) is 2.53. The fourth-order valence-electron chi connectivity index (χ4n) is 1.59. The summed E-state index contributed by atoms with van der Waals surface area (Å²) in [5.41, 5.74) is 12.5. The van der Waals surface area contributed by atoms with E-state index in [1.807, 2.05) is 25.1 Å². The van der Waals surface area contributed by atoms with E-state index in [4.69, 9.17) is 11.5 Å². The molecular weight excluding hydrogens is 300 g/mol. The van der Waals surface area contributed by atoms with Crippen LogP contribution in [-0.2, 0) is 9.59 Å². The van der Waals surface area contributed by atoms with Crippen LogP contribution in [0.1, 0.15) is 12.0 Å². The fraction of sp³-hybridized carbons (Fsp3) is 0.250. The number of rotatable bonds is 4. The molecule has 1 aromatic heterocycles. The quantitative estimate of drug-likeness (QED) is 0.786. The molecule has 0 fully saturated rings. The number of nitrogens with two attached hydrogens (primary N) is 2. The summed E-state index contributed by atoms with van der Waals surface area (Å²) in [6.45, 7) is 1.99. The molecule has 0 aliphatic rings. The molecule has 0 saturated heterocycles. The minimum atomic E-state index is -0.953. The predicted molar refractivity (Wildman–Crippen MR) is 82.0 cm³/mol. The number of halogens is 1. The van der Waals surface area contributed by atoms with E-state index in [-0.39, 0.29) is 18.8 Å². The van der Waals surface area contributed by atoms with Crippen LogP contribution in [-0.4, -0.2) is 22.8 Å². The second-order valence-corrected chi connectivity index (χ2v) is 5.29. The number of aryl methyl sites for hydroxylation is 1. The molecule has 108 valence electrons. The third kappa shape index (κ3) is 3.89. The van der Waals surface area contributed by atoms with Gasteiger partial charge in [0.25, 0.3) is 0 Å². The molecule has 2 amide bonds. The van der Waals surface area contributed by atoms with Crippen LogP contribution in [0.15, 0.2) is 18.2 Å². The van der Waals surface area contributed by atoms with Gasteiger partial charge in [0.15, 0.2) is 5.13 Å². The Bertz CT molecular complexity index is 643. The van der Waals surface area contributed by atoms with Crippen LogP contribution in [0, 0.1) is 6.92 Å². The highest BCUT2D eigenvalue weighted by Gasteiger charge is 2.17. The van der Waals surface area contributed by atoms with E-state index in [9.17, 15) is 9.59 Å². The molecular formula is C12H15ClN4O2S. The number of fused-ring (bicyclic) bond motifs is 1. The molecule has 0 saturated carbocycles. The van der Waals surface area contributed by atoms with Crippen LogP contribution in [0.3, 0.4) is 0 Å². The van der Waals surface area contributed by atoms with Gasteiger partial charge in [-0.1, -0.05) is 17.4 Å². The van der Waals surface area contributed by atoms with E-state index in [2.05, 4.69) is 10.3 Å². The maximum Gasteiger partial charge on any atom is 0.243 e. The molecule has 1 unspecified atom stereocenters. The van der Waals surface area contributed by atoms with Crippen molar-refractivity contribution in [1.29, 1.82) is 0 Å². The number of anilines is 1. The van der Waals surface area contributed by atoms with Gasteiger partial charge in [-0.2, -0.15) is 0 Å². The summed E-state index contributed by atoms with van der Waals surface area (Å²) in [5.74, 6) is -1.07. The lowest BCUT2D eigenvalue weighted by atomic mass is 10.2. The van der Waals surface area contributed by atoms with Gasteiger partial charge in [-0.15, -0.1) is 12.4 Å². The first-order chi connectivity index (χ1) is 8.95. The molecule has 1 atom stereocenters. The van der Waals surface area contributed by atoms with Gasteiger partial charge in [0, 0.05) is 0 Å². The van der Waals surface area contributed by atoms with Crippen molar-refractivity contribution >= 4 is 50.9 Å². The van der Waals surface area contributed by atoms with Crippen molar-refractivity contribution in [2.75, 3.05) is 5.32 Å². The van der Waals surface area contributed by atoms with Crippen LogP contribution < -0.4 is 16.8 Å². The minimum absolute atomic E-state index is 0. The molecule has 1 aromatic carbocycles. The summed E-state index contributed by atoms with van der Waals surface area (Å²) in [6, 6.07) is 4.88. The first-order valence-electron chi connectivity index (χ1n) is 5.67. The smallest absolute Gasteiger partial charge is 0.243 e. The number of primary amides is 1. The van der Waals surface area contributed by atoms with Crippen LogP contribution in [0.2, 0.25) is 0 Å². The summed E-state index contributed by atoms with van der Waals surface area (Å²) in [4.78, 5) is 26.7. The Hall–Kier alpha value is -1.70. The zero-order valence-corrected chi connectivity index (χ0v) is 12.4. The Morgan fingerprint density at radius 3 is 2.80 bits per heavy atom. The SMILES string of the molecule is Cc1ccc2nc(NC(=O)C(N)CC(N)=O)sc2c1.Cl. The van der Waals surface area contributed by atoms with Crippen molar-refractivity contribution in [3.8, 4) is 0 Å². The summed E-state index contributed by atoms with van der Waals surface area (Å²) in [6.07, 6.45) is -0.185. The van der Waals surface area contributed by atoms with E-state index < -0.39 is 17.9 Å². The van der Waals surface area contributed by atoms with E-state index in [0.29, 0.717) is 5.13 Å². The average Bonchev–Trinajstić information content (AvgIpc) is 2.69. The maximum absolute atomic E-state index is 11.7.